The molecule has 0 saturated carbocycles. The number of nitrogens with zero attached hydrogens (tertiary/aromatic N) is 1. The molecule has 1 fully saturated rings. The van der Waals surface area contributed by atoms with Gasteiger partial charge in [-0.25, -0.2) is 0 Å². The van der Waals surface area contributed by atoms with Crippen LogP contribution < -0.4 is 5.32 Å². The number of carbonyl (C=O) groups is 1. The first-order valence-corrected chi connectivity index (χ1v) is 5.82. The van der Waals surface area contributed by atoms with Crippen LogP contribution in [0.3, 0.4) is 0 Å². The standard InChI is InChI=1S/C11H22N2O2/c1-3-12-7-9(2)11(15)13-6-4-5-10(13)8-14/h9-10,12,14H,3-8H2,1-2H3. The largest absolute Gasteiger partial charge is 0.394 e. The van der Waals surface area contributed by atoms with E-state index in [9.17, 15) is 4.79 Å². The number of hydrogen-bond donors (Lipinski definition) is 2. The molecular formula is C11H22N2O2. The third kappa shape index (κ3) is 3.18. The lowest BCUT2D eigenvalue weighted by molar-refractivity contribution is -0.136. The predicted molar refractivity (Wildman–Crippen MR) is 59.5 cm³/mol. The molecule has 1 heterocycles. The summed E-state index contributed by atoms with van der Waals surface area (Å²) in [5.41, 5.74) is 0. The van der Waals surface area contributed by atoms with Crippen molar-refractivity contribution in [3.05, 3.63) is 0 Å². The zero-order valence-electron chi connectivity index (χ0n) is 9.70. The Morgan fingerprint density at radius 3 is 3.00 bits per heavy atom. The summed E-state index contributed by atoms with van der Waals surface area (Å²) in [4.78, 5) is 13.8. The van der Waals surface area contributed by atoms with Gasteiger partial charge in [0.1, 0.15) is 0 Å². The highest BCUT2D eigenvalue weighted by Crippen LogP contribution is 2.18. The van der Waals surface area contributed by atoms with Gasteiger partial charge < -0.3 is 15.3 Å². The molecule has 0 spiro atoms. The lowest BCUT2D eigenvalue weighted by Crippen LogP contribution is -2.43. The smallest absolute Gasteiger partial charge is 0.227 e. The summed E-state index contributed by atoms with van der Waals surface area (Å²) in [6, 6.07) is 0.0570. The van der Waals surface area contributed by atoms with E-state index in [1.165, 1.54) is 0 Å². The van der Waals surface area contributed by atoms with Gasteiger partial charge in [-0.05, 0) is 19.4 Å². The van der Waals surface area contributed by atoms with E-state index < -0.39 is 0 Å². The van der Waals surface area contributed by atoms with Crippen LogP contribution in [0.5, 0.6) is 0 Å². The Bertz CT molecular complexity index is 209. The molecule has 4 heteroatoms. The van der Waals surface area contributed by atoms with E-state index in [-0.39, 0.29) is 24.5 Å². The second kappa shape index (κ2) is 6.08. The molecular weight excluding hydrogens is 192 g/mol. The number of likely N-dealkylation sites (tertiary alicyclic amines) is 1. The van der Waals surface area contributed by atoms with Crippen molar-refractivity contribution in [2.24, 2.45) is 5.92 Å². The number of aliphatic hydroxyl groups excluding tert-OH is 1. The molecule has 0 bridgehead atoms. The van der Waals surface area contributed by atoms with E-state index in [1.807, 2.05) is 18.7 Å². The molecule has 0 aliphatic carbocycles. The van der Waals surface area contributed by atoms with Crippen LogP contribution in [0.15, 0.2) is 0 Å². The third-order valence-corrected chi connectivity index (χ3v) is 2.99. The van der Waals surface area contributed by atoms with Crippen LogP contribution in [0.1, 0.15) is 26.7 Å². The highest BCUT2D eigenvalue weighted by Gasteiger charge is 2.30. The van der Waals surface area contributed by atoms with Crippen LogP contribution in [0.4, 0.5) is 0 Å². The molecule has 0 aromatic rings. The fraction of sp³-hybridized carbons (Fsp3) is 0.909. The fourth-order valence-corrected chi connectivity index (χ4v) is 2.05. The summed E-state index contributed by atoms with van der Waals surface area (Å²) in [6.07, 6.45) is 1.96. The van der Waals surface area contributed by atoms with Crippen LogP contribution in [0, 0.1) is 5.92 Å². The molecule has 1 rings (SSSR count). The van der Waals surface area contributed by atoms with Crippen molar-refractivity contribution in [3.63, 3.8) is 0 Å². The number of nitrogens with one attached hydrogen (secondary N) is 1. The fourth-order valence-electron chi connectivity index (χ4n) is 2.05. The minimum Gasteiger partial charge on any atom is -0.394 e. The molecule has 2 atom stereocenters. The molecule has 15 heavy (non-hydrogen) atoms. The van der Waals surface area contributed by atoms with Gasteiger partial charge in [0.2, 0.25) is 5.91 Å². The maximum absolute atomic E-state index is 12.0. The number of aliphatic hydroxyl groups is 1. The Morgan fingerprint density at radius 2 is 2.40 bits per heavy atom. The summed E-state index contributed by atoms with van der Waals surface area (Å²) in [5.74, 6) is 0.185. The van der Waals surface area contributed by atoms with Gasteiger partial charge >= 0.3 is 0 Å². The lowest BCUT2D eigenvalue weighted by atomic mass is 10.1. The highest BCUT2D eigenvalue weighted by molar-refractivity contribution is 5.79. The van der Waals surface area contributed by atoms with Gasteiger partial charge in [-0.3, -0.25) is 4.79 Å². The molecule has 0 aromatic heterocycles. The first-order chi connectivity index (χ1) is 7.20. The molecule has 1 amide bonds. The Hall–Kier alpha value is -0.610. The summed E-state index contributed by atoms with van der Waals surface area (Å²) >= 11 is 0. The van der Waals surface area contributed by atoms with Crippen LogP contribution in [0.25, 0.3) is 0 Å². The topological polar surface area (TPSA) is 52.6 Å². The zero-order valence-corrected chi connectivity index (χ0v) is 9.70. The number of hydrogen-bond acceptors (Lipinski definition) is 3. The van der Waals surface area contributed by atoms with E-state index in [2.05, 4.69) is 5.32 Å². The number of carbonyl (C=O) groups excluding carboxylic acids is 1. The molecule has 4 nitrogen and oxygen atoms in total. The van der Waals surface area contributed by atoms with Crippen molar-refractivity contribution in [3.8, 4) is 0 Å². The monoisotopic (exact) mass is 214 g/mol. The number of rotatable bonds is 5. The molecule has 0 radical (unpaired) electrons. The normalized spacial score (nSPS) is 23.1. The Labute approximate surface area is 91.6 Å². The van der Waals surface area contributed by atoms with Crippen LogP contribution in [0.2, 0.25) is 0 Å². The molecule has 88 valence electrons. The van der Waals surface area contributed by atoms with Gasteiger partial charge in [0.15, 0.2) is 0 Å². The summed E-state index contributed by atoms with van der Waals surface area (Å²) < 4.78 is 0. The van der Waals surface area contributed by atoms with Crippen LogP contribution in [-0.4, -0.2) is 48.2 Å². The van der Waals surface area contributed by atoms with Crippen LogP contribution >= 0.6 is 0 Å². The highest BCUT2D eigenvalue weighted by atomic mass is 16.3. The third-order valence-electron chi connectivity index (χ3n) is 2.99. The van der Waals surface area contributed by atoms with E-state index in [1.54, 1.807) is 0 Å². The van der Waals surface area contributed by atoms with Crippen molar-refractivity contribution >= 4 is 5.91 Å². The van der Waals surface area contributed by atoms with Gasteiger partial charge in [0, 0.05) is 19.0 Å². The summed E-state index contributed by atoms with van der Waals surface area (Å²) in [7, 11) is 0. The minimum atomic E-state index is 0.0112. The van der Waals surface area contributed by atoms with Gasteiger partial charge in [-0.2, -0.15) is 0 Å². The lowest BCUT2D eigenvalue weighted by Gasteiger charge is -2.26. The van der Waals surface area contributed by atoms with Crippen molar-refractivity contribution in [2.75, 3.05) is 26.2 Å². The molecule has 2 unspecified atom stereocenters. The quantitative estimate of drug-likeness (QED) is 0.688. The minimum absolute atomic E-state index is 0.0112. The van der Waals surface area contributed by atoms with Crippen molar-refractivity contribution < 1.29 is 9.90 Å². The van der Waals surface area contributed by atoms with Gasteiger partial charge in [-0.1, -0.05) is 13.8 Å². The second-order valence-corrected chi connectivity index (χ2v) is 4.22. The molecule has 1 aliphatic heterocycles. The first kappa shape index (κ1) is 12.5. The molecule has 1 aliphatic rings. The van der Waals surface area contributed by atoms with E-state index >= 15 is 0 Å². The summed E-state index contributed by atoms with van der Waals surface area (Å²) in [6.45, 7) is 6.49. The van der Waals surface area contributed by atoms with Gasteiger partial charge in [-0.15, -0.1) is 0 Å². The Balaban J connectivity index is 2.44. The van der Waals surface area contributed by atoms with Gasteiger partial charge in [0.25, 0.3) is 0 Å². The van der Waals surface area contributed by atoms with Crippen molar-refractivity contribution in [1.82, 2.24) is 10.2 Å². The van der Waals surface area contributed by atoms with Crippen molar-refractivity contribution in [1.29, 1.82) is 0 Å². The second-order valence-electron chi connectivity index (χ2n) is 4.22. The maximum atomic E-state index is 12.0. The maximum Gasteiger partial charge on any atom is 0.227 e. The van der Waals surface area contributed by atoms with E-state index in [0.29, 0.717) is 0 Å². The SMILES string of the molecule is CCNCC(C)C(=O)N1CCCC1CO. The van der Waals surface area contributed by atoms with Crippen molar-refractivity contribution in [2.45, 2.75) is 32.7 Å². The average molecular weight is 214 g/mol. The summed E-state index contributed by atoms with van der Waals surface area (Å²) in [5, 5.41) is 12.3. The number of amides is 1. The Kier molecular flexibility index (Phi) is 5.05. The van der Waals surface area contributed by atoms with Gasteiger partial charge in [0.05, 0.1) is 12.6 Å². The average Bonchev–Trinajstić information content (AvgIpc) is 2.72. The zero-order chi connectivity index (χ0) is 11.3. The van der Waals surface area contributed by atoms with E-state index in [4.69, 9.17) is 5.11 Å². The molecule has 1 saturated heterocycles. The predicted octanol–water partition coefficient (Wildman–Crippen LogP) is 0.215. The first-order valence-electron chi connectivity index (χ1n) is 5.82. The Morgan fingerprint density at radius 1 is 1.67 bits per heavy atom. The van der Waals surface area contributed by atoms with Crippen LogP contribution in [-0.2, 0) is 4.79 Å². The molecule has 0 aromatic carbocycles. The molecule has 2 N–H and O–H groups in total. The van der Waals surface area contributed by atoms with E-state index in [0.717, 1.165) is 32.5 Å².